The fourth-order valence-corrected chi connectivity index (χ4v) is 4.25. The van der Waals surface area contributed by atoms with E-state index in [9.17, 15) is 4.39 Å². The summed E-state index contributed by atoms with van der Waals surface area (Å²) in [5.74, 6) is -0.590. The molecule has 0 radical (unpaired) electrons. The lowest BCUT2D eigenvalue weighted by molar-refractivity contribution is -0.0394. The Bertz CT molecular complexity index is 1090. The standard InChI is InChI=1S/C19H16FN5OS/c20-16-7-6-15(23-24-16)14-5-4-13(18-19(14)27-11-21-18)12-9-22-25(10-12)17-3-1-2-8-26-17/h4-7,9-11,17H,1-3,8H2. The van der Waals surface area contributed by atoms with Crippen molar-refractivity contribution in [3.8, 4) is 22.4 Å². The molecule has 1 atom stereocenters. The summed E-state index contributed by atoms with van der Waals surface area (Å²) in [6.45, 7) is 0.781. The fraction of sp³-hybridized carbons (Fsp3) is 0.263. The Kier molecular flexibility index (Phi) is 4.14. The molecule has 5 rings (SSSR count). The van der Waals surface area contributed by atoms with Gasteiger partial charge in [0.1, 0.15) is 6.23 Å². The van der Waals surface area contributed by atoms with Crippen molar-refractivity contribution in [1.29, 1.82) is 0 Å². The Morgan fingerprint density at radius 3 is 2.85 bits per heavy atom. The lowest BCUT2D eigenvalue weighted by Gasteiger charge is -2.22. The summed E-state index contributed by atoms with van der Waals surface area (Å²) in [4.78, 5) is 4.55. The molecule has 6 nitrogen and oxygen atoms in total. The minimum absolute atomic E-state index is 0.00666. The minimum Gasteiger partial charge on any atom is -0.357 e. The molecular formula is C19H16FN5OS. The number of hydrogen-bond donors (Lipinski definition) is 0. The maximum Gasteiger partial charge on any atom is 0.233 e. The van der Waals surface area contributed by atoms with Crippen LogP contribution in [0.4, 0.5) is 4.39 Å². The summed E-state index contributed by atoms with van der Waals surface area (Å²) >= 11 is 1.53. The highest BCUT2D eigenvalue weighted by Gasteiger charge is 2.19. The smallest absolute Gasteiger partial charge is 0.233 e. The first-order chi connectivity index (χ1) is 13.3. The van der Waals surface area contributed by atoms with Crippen molar-refractivity contribution < 1.29 is 9.13 Å². The molecule has 4 heterocycles. The molecule has 1 aromatic carbocycles. The van der Waals surface area contributed by atoms with Gasteiger partial charge in [0.2, 0.25) is 5.95 Å². The van der Waals surface area contributed by atoms with E-state index in [2.05, 4.69) is 20.3 Å². The van der Waals surface area contributed by atoms with E-state index >= 15 is 0 Å². The van der Waals surface area contributed by atoms with E-state index in [0.717, 1.165) is 52.8 Å². The number of hydrogen-bond acceptors (Lipinski definition) is 6. The molecule has 1 aliphatic rings. The molecule has 1 fully saturated rings. The summed E-state index contributed by atoms with van der Waals surface area (Å²) in [7, 11) is 0. The molecule has 0 N–H and O–H groups in total. The summed E-state index contributed by atoms with van der Waals surface area (Å²) in [6.07, 6.45) is 7.12. The number of rotatable bonds is 3. The van der Waals surface area contributed by atoms with Gasteiger partial charge in [0.25, 0.3) is 0 Å². The zero-order chi connectivity index (χ0) is 18.2. The zero-order valence-corrected chi connectivity index (χ0v) is 15.2. The first kappa shape index (κ1) is 16.5. The lowest BCUT2D eigenvalue weighted by Crippen LogP contribution is -2.18. The van der Waals surface area contributed by atoms with Gasteiger partial charge in [-0.15, -0.1) is 21.5 Å². The van der Waals surface area contributed by atoms with Crippen LogP contribution < -0.4 is 0 Å². The summed E-state index contributed by atoms with van der Waals surface area (Å²) < 4.78 is 21.8. The first-order valence-electron chi connectivity index (χ1n) is 8.81. The molecule has 1 aliphatic heterocycles. The molecule has 4 aromatic rings. The molecule has 0 spiro atoms. The van der Waals surface area contributed by atoms with Gasteiger partial charge in [-0.2, -0.15) is 9.49 Å². The van der Waals surface area contributed by atoms with Crippen LogP contribution in [0.1, 0.15) is 25.5 Å². The van der Waals surface area contributed by atoms with Gasteiger partial charge in [-0.05, 0) is 31.4 Å². The molecule has 0 bridgehead atoms. The van der Waals surface area contributed by atoms with Crippen LogP contribution in [-0.4, -0.2) is 31.6 Å². The number of benzene rings is 1. The van der Waals surface area contributed by atoms with Gasteiger partial charge in [-0.3, -0.25) is 0 Å². The molecule has 1 saturated heterocycles. The van der Waals surface area contributed by atoms with Crippen LogP contribution in [0.15, 0.2) is 42.2 Å². The number of ether oxygens (including phenoxy) is 1. The second-order valence-electron chi connectivity index (χ2n) is 6.46. The monoisotopic (exact) mass is 381 g/mol. The van der Waals surface area contributed by atoms with E-state index in [4.69, 9.17) is 4.74 Å². The molecule has 1 unspecified atom stereocenters. The molecule has 136 valence electrons. The number of halogens is 1. The van der Waals surface area contributed by atoms with Crippen LogP contribution in [0.25, 0.3) is 32.6 Å². The summed E-state index contributed by atoms with van der Waals surface area (Å²) in [6, 6.07) is 6.93. The number of fused-ring (bicyclic) bond motifs is 1. The van der Waals surface area contributed by atoms with Gasteiger partial charge in [-0.25, -0.2) is 9.67 Å². The minimum atomic E-state index is -0.590. The van der Waals surface area contributed by atoms with E-state index < -0.39 is 5.95 Å². The molecule has 0 saturated carbocycles. The largest absolute Gasteiger partial charge is 0.357 e. The van der Waals surface area contributed by atoms with Crippen molar-refractivity contribution in [2.45, 2.75) is 25.5 Å². The van der Waals surface area contributed by atoms with Gasteiger partial charge < -0.3 is 4.74 Å². The molecule has 27 heavy (non-hydrogen) atoms. The average molecular weight is 381 g/mol. The SMILES string of the molecule is Fc1ccc(-c2ccc(-c3cnn(C4CCCCO4)c3)c3ncsc23)nn1. The summed E-state index contributed by atoms with van der Waals surface area (Å²) in [5.41, 5.74) is 6.22. The van der Waals surface area contributed by atoms with Crippen molar-refractivity contribution in [2.24, 2.45) is 0 Å². The Morgan fingerprint density at radius 1 is 1.11 bits per heavy atom. The number of aromatic nitrogens is 5. The molecular weight excluding hydrogens is 365 g/mol. The molecule has 8 heteroatoms. The van der Waals surface area contributed by atoms with Crippen molar-refractivity contribution in [1.82, 2.24) is 25.0 Å². The van der Waals surface area contributed by atoms with E-state index in [1.54, 1.807) is 6.07 Å². The van der Waals surface area contributed by atoms with Crippen LogP contribution in [0.5, 0.6) is 0 Å². The van der Waals surface area contributed by atoms with Crippen LogP contribution in [0, 0.1) is 5.95 Å². The maximum atomic E-state index is 13.1. The fourth-order valence-electron chi connectivity index (χ4n) is 3.41. The quantitative estimate of drug-likeness (QED) is 0.524. The zero-order valence-electron chi connectivity index (χ0n) is 14.4. The maximum absolute atomic E-state index is 13.1. The van der Waals surface area contributed by atoms with E-state index in [0.29, 0.717) is 5.69 Å². The van der Waals surface area contributed by atoms with Crippen LogP contribution in [0.3, 0.4) is 0 Å². The second kappa shape index (κ2) is 6.79. The molecule has 0 aliphatic carbocycles. The highest BCUT2D eigenvalue weighted by molar-refractivity contribution is 7.17. The average Bonchev–Trinajstić information content (AvgIpc) is 3.39. The van der Waals surface area contributed by atoms with Crippen molar-refractivity contribution >= 4 is 21.6 Å². The van der Waals surface area contributed by atoms with Gasteiger partial charge in [0.05, 0.1) is 27.6 Å². The third kappa shape index (κ3) is 3.00. The molecule has 0 amide bonds. The van der Waals surface area contributed by atoms with E-state index in [-0.39, 0.29) is 6.23 Å². The highest BCUT2D eigenvalue weighted by Crippen LogP contribution is 2.36. The predicted molar refractivity (Wildman–Crippen MR) is 101 cm³/mol. The topological polar surface area (TPSA) is 65.7 Å². The highest BCUT2D eigenvalue weighted by atomic mass is 32.1. The van der Waals surface area contributed by atoms with Crippen LogP contribution in [-0.2, 0) is 4.74 Å². The van der Waals surface area contributed by atoms with E-state index in [1.165, 1.54) is 17.4 Å². The van der Waals surface area contributed by atoms with Crippen molar-refractivity contribution in [3.05, 3.63) is 48.1 Å². The predicted octanol–water partition coefficient (Wildman–Crippen LogP) is 4.46. The molecule has 3 aromatic heterocycles. The first-order valence-corrected chi connectivity index (χ1v) is 9.69. The normalized spacial score (nSPS) is 17.4. The third-order valence-electron chi connectivity index (χ3n) is 4.76. The lowest BCUT2D eigenvalue weighted by atomic mass is 10.0. The Balaban J connectivity index is 1.55. The van der Waals surface area contributed by atoms with Crippen LogP contribution in [0.2, 0.25) is 0 Å². The van der Waals surface area contributed by atoms with Gasteiger partial charge in [-0.1, -0.05) is 12.1 Å². The number of nitrogens with zero attached hydrogens (tertiary/aromatic N) is 5. The van der Waals surface area contributed by atoms with E-state index in [1.807, 2.05) is 34.7 Å². The Labute approximate surface area is 158 Å². The van der Waals surface area contributed by atoms with Gasteiger partial charge >= 0.3 is 0 Å². The van der Waals surface area contributed by atoms with Gasteiger partial charge in [0.15, 0.2) is 0 Å². The summed E-state index contributed by atoms with van der Waals surface area (Å²) in [5, 5.41) is 12.0. The second-order valence-corrected chi connectivity index (χ2v) is 7.32. The van der Waals surface area contributed by atoms with Gasteiger partial charge in [0, 0.05) is 29.5 Å². The van der Waals surface area contributed by atoms with Crippen LogP contribution >= 0.6 is 11.3 Å². The third-order valence-corrected chi connectivity index (χ3v) is 5.61. The van der Waals surface area contributed by atoms with Crippen molar-refractivity contribution in [3.63, 3.8) is 0 Å². The van der Waals surface area contributed by atoms with Crippen molar-refractivity contribution in [2.75, 3.05) is 6.61 Å². The Morgan fingerprint density at radius 2 is 2.04 bits per heavy atom. The number of thiazole rings is 1. The Hall–Kier alpha value is -2.71.